The Balaban J connectivity index is 3.53. The average Bonchev–Trinajstić information content (AvgIpc) is 1.97. The fourth-order valence-corrected chi connectivity index (χ4v) is 1.39. The second-order valence-corrected chi connectivity index (χ2v) is 4.34. The van der Waals surface area contributed by atoms with Crippen LogP contribution in [0.15, 0.2) is 0 Å². The van der Waals surface area contributed by atoms with Crippen LogP contribution >= 0.6 is 11.6 Å². The van der Waals surface area contributed by atoms with Crippen LogP contribution in [-0.2, 0) is 4.74 Å². The highest BCUT2D eigenvalue weighted by molar-refractivity contribution is 6.18. The highest BCUT2D eigenvalue weighted by atomic mass is 35.5. The largest absolute Gasteiger partial charge is 0.378 e. The Morgan fingerprint density at radius 1 is 1.17 bits per heavy atom. The summed E-state index contributed by atoms with van der Waals surface area (Å²) in [5.41, 5.74) is 0. The third-order valence-electron chi connectivity index (χ3n) is 1.69. The molecule has 0 spiro atoms. The predicted molar refractivity (Wildman–Crippen MR) is 54.8 cm³/mol. The first kappa shape index (κ1) is 12.2. The highest BCUT2D eigenvalue weighted by Crippen LogP contribution is 2.14. The SMILES string of the molecule is CC(C)CC(CCl)COC(C)C. The van der Waals surface area contributed by atoms with E-state index in [1.54, 1.807) is 0 Å². The van der Waals surface area contributed by atoms with Crippen molar-refractivity contribution >= 4 is 11.6 Å². The summed E-state index contributed by atoms with van der Waals surface area (Å²) in [4.78, 5) is 0. The van der Waals surface area contributed by atoms with Crippen molar-refractivity contribution in [1.29, 1.82) is 0 Å². The zero-order valence-corrected chi connectivity index (χ0v) is 9.40. The maximum absolute atomic E-state index is 5.82. The van der Waals surface area contributed by atoms with Crippen LogP contribution in [0, 0.1) is 11.8 Å². The van der Waals surface area contributed by atoms with Crippen molar-refractivity contribution in [3.05, 3.63) is 0 Å². The van der Waals surface area contributed by atoms with Gasteiger partial charge in [0.25, 0.3) is 0 Å². The van der Waals surface area contributed by atoms with Gasteiger partial charge in [-0.25, -0.2) is 0 Å². The minimum Gasteiger partial charge on any atom is -0.378 e. The molecule has 1 nitrogen and oxygen atoms in total. The molecule has 0 fully saturated rings. The van der Waals surface area contributed by atoms with Crippen LogP contribution in [-0.4, -0.2) is 18.6 Å². The molecule has 0 saturated carbocycles. The van der Waals surface area contributed by atoms with Crippen LogP contribution < -0.4 is 0 Å². The molecule has 0 aliphatic carbocycles. The quantitative estimate of drug-likeness (QED) is 0.587. The van der Waals surface area contributed by atoms with E-state index in [1.165, 1.54) is 0 Å². The predicted octanol–water partition coefficient (Wildman–Crippen LogP) is 3.31. The number of ether oxygens (including phenoxy) is 1. The lowest BCUT2D eigenvalue weighted by atomic mass is 10.00. The lowest BCUT2D eigenvalue weighted by molar-refractivity contribution is 0.0513. The molecule has 0 aromatic heterocycles. The molecule has 0 aliphatic heterocycles. The van der Waals surface area contributed by atoms with Gasteiger partial charge in [-0.1, -0.05) is 13.8 Å². The van der Waals surface area contributed by atoms with Gasteiger partial charge in [0.1, 0.15) is 0 Å². The van der Waals surface area contributed by atoms with E-state index in [-0.39, 0.29) is 0 Å². The first-order chi connectivity index (χ1) is 5.56. The zero-order valence-electron chi connectivity index (χ0n) is 8.64. The summed E-state index contributed by atoms with van der Waals surface area (Å²) in [5, 5.41) is 0. The first-order valence-electron chi connectivity index (χ1n) is 4.73. The fourth-order valence-electron chi connectivity index (χ4n) is 1.17. The summed E-state index contributed by atoms with van der Waals surface area (Å²) in [6, 6.07) is 0. The molecule has 0 radical (unpaired) electrons. The van der Waals surface area contributed by atoms with Gasteiger partial charge in [-0.2, -0.15) is 0 Å². The molecule has 0 heterocycles. The Kier molecular flexibility index (Phi) is 6.87. The molecular weight excluding hydrogens is 172 g/mol. The van der Waals surface area contributed by atoms with Crippen molar-refractivity contribution < 1.29 is 4.74 Å². The number of halogens is 1. The Bertz CT molecular complexity index is 102. The van der Waals surface area contributed by atoms with Crippen LogP contribution in [0.3, 0.4) is 0 Å². The van der Waals surface area contributed by atoms with Crippen molar-refractivity contribution in [1.82, 2.24) is 0 Å². The third-order valence-corrected chi connectivity index (χ3v) is 2.12. The van der Waals surface area contributed by atoms with E-state index in [4.69, 9.17) is 16.3 Å². The van der Waals surface area contributed by atoms with Crippen molar-refractivity contribution in [2.45, 2.75) is 40.2 Å². The number of rotatable bonds is 6. The van der Waals surface area contributed by atoms with Crippen LogP contribution in [0.2, 0.25) is 0 Å². The van der Waals surface area contributed by atoms with Gasteiger partial charge in [0.05, 0.1) is 12.7 Å². The molecule has 0 bridgehead atoms. The lowest BCUT2D eigenvalue weighted by Gasteiger charge is -2.17. The van der Waals surface area contributed by atoms with E-state index in [0.29, 0.717) is 23.8 Å². The van der Waals surface area contributed by atoms with E-state index in [2.05, 4.69) is 27.7 Å². The average molecular weight is 193 g/mol. The topological polar surface area (TPSA) is 9.23 Å². The lowest BCUT2D eigenvalue weighted by Crippen LogP contribution is -2.16. The molecule has 0 aromatic carbocycles. The number of hydrogen-bond donors (Lipinski definition) is 0. The summed E-state index contributed by atoms with van der Waals surface area (Å²) in [7, 11) is 0. The van der Waals surface area contributed by atoms with E-state index in [1.807, 2.05) is 0 Å². The summed E-state index contributed by atoms with van der Waals surface area (Å²) in [6.45, 7) is 9.35. The molecule has 0 aliphatic rings. The Hall–Kier alpha value is 0.250. The Labute approximate surface area is 81.4 Å². The third kappa shape index (κ3) is 6.93. The zero-order chi connectivity index (χ0) is 9.56. The molecule has 0 rings (SSSR count). The molecule has 2 heteroatoms. The van der Waals surface area contributed by atoms with E-state index >= 15 is 0 Å². The van der Waals surface area contributed by atoms with E-state index in [9.17, 15) is 0 Å². The molecule has 0 amide bonds. The van der Waals surface area contributed by atoms with Crippen molar-refractivity contribution in [2.24, 2.45) is 11.8 Å². The van der Waals surface area contributed by atoms with Gasteiger partial charge in [-0.15, -0.1) is 11.6 Å². The van der Waals surface area contributed by atoms with Crippen molar-refractivity contribution in [3.63, 3.8) is 0 Å². The van der Waals surface area contributed by atoms with Gasteiger partial charge in [-0.05, 0) is 32.1 Å². The first-order valence-corrected chi connectivity index (χ1v) is 5.27. The summed E-state index contributed by atoms with van der Waals surface area (Å²) < 4.78 is 5.51. The fraction of sp³-hybridized carbons (Fsp3) is 1.00. The number of hydrogen-bond acceptors (Lipinski definition) is 1. The van der Waals surface area contributed by atoms with Gasteiger partial charge in [0, 0.05) is 5.88 Å². The second-order valence-electron chi connectivity index (χ2n) is 4.03. The molecule has 74 valence electrons. The Morgan fingerprint density at radius 2 is 1.75 bits per heavy atom. The highest BCUT2D eigenvalue weighted by Gasteiger charge is 2.10. The molecule has 12 heavy (non-hydrogen) atoms. The molecule has 1 unspecified atom stereocenters. The molecule has 0 aromatic rings. The van der Waals surface area contributed by atoms with Crippen molar-refractivity contribution in [3.8, 4) is 0 Å². The summed E-state index contributed by atoms with van der Waals surface area (Å²) in [6.07, 6.45) is 1.49. The smallest absolute Gasteiger partial charge is 0.0519 e. The van der Waals surface area contributed by atoms with Gasteiger partial charge in [0.15, 0.2) is 0 Å². The van der Waals surface area contributed by atoms with Crippen LogP contribution in [0.1, 0.15) is 34.1 Å². The molecule has 1 atom stereocenters. The molecular formula is C10H21ClO. The normalized spacial score (nSPS) is 14.2. The molecule has 0 N–H and O–H groups in total. The van der Waals surface area contributed by atoms with Gasteiger partial charge < -0.3 is 4.74 Å². The van der Waals surface area contributed by atoms with Crippen LogP contribution in [0.5, 0.6) is 0 Å². The van der Waals surface area contributed by atoms with Gasteiger partial charge >= 0.3 is 0 Å². The molecule has 0 saturated heterocycles. The van der Waals surface area contributed by atoms with E-state index in [0.717, 1.165) is 13.0 Å². The summed E-state index contributed by atoms with van der Waals surface area (Å²) >= 11 is 5.82. The van der Waals surface area contributed by atoms with Crippen LogP contribution in [0.4, 0.5) is 0 Å². The number of alkyl halides is 1. The maximum Gasteiger partial charge on any atom is 0.0519 e. The second kappa shape index (κ2) is 6.73. The standard InChI is InChI=1S/C10H21ClO/c1-8(2)5-10(6-11)7-12-9(3)4/h8-10H,5-7H2,1-4H3. The van der Waals surface area contributed by atoms with Crippen molar-refractivity contribution in [2.75, 3.05) is 12.5 Å². The van der Waals surface area contributed by atoms with Gasteiger partial charge in [0.2, 0.25) is 0 Å². The minimum atomic E-state index is 0.322. The summed E-state index contributed by atoms with van der Waals surface area (Å²) in [5.74, 6) is 1.95. The van der Waals surface area contributed by atoms with E-state index < -0.39 is 0 Å². The maximum atomic E-state index is 5.82. The Morgan fingerprint density at radius 3 is 2.08 bits per heavy atom. The minimum absolute atomic E-state index is 0.322. The van der Waals surface area contributed by atoms with Crippen LogP contribution in [0.25, 0.3) is 0 Å². The van der Waals surface area contributed by atoms with Gasteiger partial charge in [-0.3, -0.25) is 0 Å². The monoisotopic (exact) mass is 192 g/mol.